The second-order valence-corrected chi connectivity index (χ2v) is 12.2. The van der Waals surface area contributed by atoms with Gasteiger partial charge in [-0.1, -0.05) is 86.1 Å². The molecule has 2 atom stereocenters. The van der Waals surface area contributed by atoms with Gasteiger partial charge in [0, 0.05) is 28.6 Å². The number of carbonyl (C=O) groups excluding carboxylic acids is 2. The van der Waals surface area contributed by atoms with E-state index in [4.69, 9.17) is 21.1 Å². The average Bonchev–Trinajstić information content (AvgIpc) is 3.20. The fourth-order valence-corrected chi connectivity index (χ4v) is 6.34. The van der Waals surface area contributed by atoms with Gasteiger partial charge in [-0.3, -0.25) is 14.5 Å². The molecule has 0 bridgehead atoms. The number of amides is 1. The Morgan fingerprint density at radius 2 is 1.62 bits per heavy atom. The summed E-state index contributed by atoms with van der Waals surface area (Å²) in [6.07, 6.45) is 1.02. The van der Waals surface area contributed by atoms with E-state index in [0.29, 0.717) is 48.2 Å². The lowest BCUT2D eigenvalue weighted by molar-refractivity contribution is -0.121. The summed E-state index contributed by atoms with van der Waals surface area (Å²) in [7, 11) is 0. The highest BCUT2D eigenvalue weighted by Crippen LogP contribution is 2.48. The topological polar surface area (TPSA) is 67.9 Å². The van der Waals surface area contributed by atoms with Crippen LogP contribution >= 0.6 is 11.6 Å². The lowest BCUT2D eigenvalue weighted by atomic mass is 9.78. The van der Waals surface area contributed by atoms with Crippen molar-refractivity contribution in [1.29, 1.82) is 0 Å². The zero-order chi connectivity index (χ0) is 31.5. The first-order chi connectivity index (χ1) is 21.8. The molecule has 6 rings (SSSR count). The molecule has 0 saturated heterocycles. The lowest BCUT2D eigenvalue weighted by Crippen LogP contribution is -2.40. The number of carbonyl (C=O) groups is 2. The Bertz CT molecular complexity index is 1730. The van der Waals surface area contributed by atoms with Gasteiger partial charge in [0.2, 0.25) is 5.91 Å². The molecular weight excluding hydrogens is 584 g/mol. The molecule has 1 aliphatic carbocycles. The van der Waals surface area contributed by atoms with Crippen LogP contribution in [0.15, 0.2) is 108 Å². The second-order valence-electron chi connectivity index (χ2n) is 11.8. The lowest BCUT2D eigenvalue weighted by Gasteiger charge is -2.36. The van der Waals surface area contributed by atoms with E-state index < -0.39 is 6.04 Å². The highest BCUT2D eigenvalue weighted by atomic mass is 35.5. The largest absolute Gasteiger partial charge is 0.490 e. The van der Waals surface area contributed by atoms with Crippen molar-refractivity contribution in [2.45, 2.75) is 52.2 Å². The molecule has 0 radical (unpaired) electrons. The van der Waals surface area contributed by atoms with Crippen LogP contribution in [0.4, 0.5) is 11.4 Å². The third kappa shape index (κ3) is 6.34. The van der Waals surface area contributed by atoms with Crippen molar-refractivity contribution in [2.75, 3.05) is 16.8 Å². The van der Waals surface area contributed by atoms with E-state index in [-0.39, 0.29) is 23.5 Å². The van der Waals surface area contributed by atoms with Gasteiger partial charge in [0.05, 0.1) is 24.0 Å². The first-order valence-corrected chi connectivity index (χ1v) is 15.9. The van der Waals surface area contributed by atoms with Gasteiger partial charge in [0.1, 0.15) is 6.61 Å². The molecule has 4 aromatic rings. The molecule has 1 N–H and O–H groups in total. The molecule has 45 heavy (non-hydrogen) atoms. The Kier molecular flexibility index (Phi) is 8.95. The van der Waals surface area contributed by atoms with Gasteiger partial charge in [-0.15, -0.1) is 0 Å². The molecule has 0 fully saturated rings. The van der Waals surface area contributed by atoms with Gasteiger partial charge < -0.3 is 14.8 Å². The Labute approximate surface area is 269 Å². The van der Waals surface area contributed by atoms with Gasteiger partial charge in [-0.2, -0.15) is 0 Å². The third-order valence-corrected chi connectivity index (χ3v) is 8.63. The zero-order valence-corrected chi connectivity index (χ0v) is 26.5. The number of hydrogen-bond acceptors (Lipinski definition) is 5. The molecule has 7 heteroatoms. The Morgan fingerprint density at radius 3 is 2.36 bits per heavy atom. The Morgan fingerprint density at radius 1 is 0.889 bits per heavy atom. The first kappa shape index (κ1) is 30.5. The standard InChI is InChI=1S/C38H37ClN2O4/c1-4-44-35-22-27(16-19-34(35)45-23-25-14-17-29(39)18-15-25)37-36-31(20-28(21-33(36)42)26-10-6-5-7-11-26)40-30-12-8-9-13-32(30)41(37)38(43)24(2)3/h5-19,22,24,28,37,40H,4,20-21,23H2,1-3H3/t28-,37+/m1/s1. The molecule has 0 saturated carbocycles. The van der Waals surface area contributed by atoms with Gasteiger partial charge in [0.15, 0.2) is 17.3 Å². The maximum atomic E-state index is 14.3. The maximum Gasteiger partial charge on any atom is 0.230 e. The molecule has 1 heterocycles. The minimum atomic E-state index is -0.653. The predicted octanol–water partition coefficient (Wildman–Crippen LogP) is 8.87. The van der Waals surface area contributed by atoms with E-state index in [9.17, 15) is 9.59 Å². The number of rotatable bonds is 8. The second kappa shape index (κ2) is 13.2. The van der Waals surface area contributed by atoms with E-state index >= 15 is 0 Å². The molecule has 2 aliphatic rings. The smallest absolute Gasteiger partial charge is 0.230 e. The van der Waals surface area contributed by atoms with E-state index in [0.717, 1.165) is 33.8 Å². The Balaban J connectivity index is 1.47. The van der Waals surface area contributed by atoms with Crippen LogP contribution in [0.25, 0.3) is 0 Å². The van der Waals surface area contributed by atoms with Crippen LogP contribution in [0.3, 0.4) is 0 Å². The van der Waals surface area contributed by atoms with Crippen LogP contribution in [0.1, 0.15) is 62.3 Å². The molecule has 0 spiro atoms. The van der Waals surface area contributed by atoms with Crippen LogP contribution < -0.4 is 19.7 Å². The number of nitrogens with zero attached hydrogens (tertiary/aromatic N) is 1. The van der Waals surface area contributed by atoms with Crippen molar-refractivity contribution in [1.82, 2.24) is 0 Å². The van der Waals surface area contributed by atoms with Crippen LogP contribution in [0.5, 0.6) is 11.5 Å². The van der Waals surface area contributed by atoms with Crippen molar-refractivity contribution in [3.8, 4) is 11.5 Å². The maximum absolute atomic E-state index is 14.3. The van der Waals surface area contributed by atoms with Gasteiger partial charge >= 0.3 is 0 Å². The molecule has 4 aromatic carbocycles. The summed E-state index contributed by atoms with van der Waals surface area (Å²) in [5, 5.41) is 4.27. The van der Waals surface area contributed by atoms with Crippen molar-refractivity contribution in [3.63, 3.8) is 0 Å². The van der Waals surface area contributed by atoms with Crippen molar-refractivity contribution < 1.29 is 19.1 Å². The number of anilines is 2. The quantitative estimate of drug-likeness (QED) is 0.213. The van der Waals surface area contributed by atoms with Crippen LogP contribution in [-0.4, -0.2) is 18.3 Å². The number of para-hydroxylation sites is 2. The number of Topliss-reactive ketones (excluding diaryl/α,β-unsaturated/α-hetero) is 1. The number of benzene rings is 4. The molecule has 6 nitrogen and oxygen atoms in total. The number of nitrogens with one attached hydrogen (secondary N) is 1. The summed E-state index contributed by atoms with van der Waals surface area (Å²) in [4.78, 5) is 30.2. The minimum Gasteiger partial charge on any atom is -0.490 e. The summed E-state index contributed by atoms with van der Waals surface area (Å²) in [5.74, 6) is 0.830. The van der Waals surface area contributed by atoms with Crippen molar-refractivity contribution in [2.24, 2.45) is 5.92 Å². The first-order valence-electron chi connectivity index (χ1n) is 15.5. The summed E-state index contributed by atoms with van der Waals surface area (Å²) in [6.45, 7) is 6.47. The third-order valence-electron chi connectivity index (χ3n) is 8.38. The normalized spacial score (nSPS) is 17.7. The number of ketones is 1. The fraction of sp³-hybridized carbons (Fsp3) is 0.263. The summed E-state index contributed by atoms with van der Waals surface area (Å²) in [6, 6.07) is 30.6. The molecule has 1 aliphatic heterocycles. The van der Waals surface area contributed by atoms with Crippen molar-refractivity contribution >= 4 is 34.7 Å². The number of hydrogen-bond donors (Lipinski definition) is 1. The number of ether oxygens (including phenoxy) is 2. The number of fused-ring (bicyclic) bond motifs is 1. The summed E-state index contributed by atoms with van der Waals surface area (Å²) in [5.41, 5.74) is 5.88. The highest BCUT2D eigenvalue weighted by Gasteiger charge is 2.42. The minimum absolute atomic E-state index is 0.0259. The molecule has 0 aromatic heterocycles. The zero-order valence-electron chi connectivity index (χ0n) is 25.8. The average molecular weight is 621 g/mol. The van der Waals surface area contributed by atoms with Crippen LogP contribution in [0.2, 0.25) is 5.02 Å². The van der Waals surface area contributed by atoms with E-state index in [1.54, 1.807) is 4.90 Å². The van der Waals surface area contributed by atoms with E-state index in [1.165, 1.54) is 0 Å². The van der Waals surface area contributed by atoms with Crippen LogP contribution in [0, 0.1) is 5.92 Å². The molecule has 0 unspecified atom stereocenters. The Hall–Kier alpha value is -4.55. The van der Waals surface area contributed by atoms with Crippen molar-refractivity contribution in [3.05, 3.63) is 130 Å². The van der Waals surface area contributed by atoms with Gasteiger partial charge in [-0.25, -0.2) is 0 Å². The SMILES string of the molecule is CCOc1cc([C@H]2C3=C(C[C@@H](c4ccccc4)CC3=O)Nc3ccccc3N2C(=O)C(C)C)ccc1OCc1ccc(Cl)cc1. The highest BCUT2D eigenvalue weighted by molar-refractivity contribution is 6.30. The monoisotopic (exact) mass is 620 g/mol. The molecule has 1 amide bonds. The number of halogens is 1. The van der Waals surface area contributed by atoms with Crippen LogP contribution in [-0.2, 0) is 16.2 Å². The summed E-state index contributed by atoms with van der Waals surface area (Å²) >= 11 is 6.06. The van der Waals surface area contributed by atoms with Gasteiger partial charge in [-0.05, 0) is 72.4 Å². The molecule has 230 valence electrons. The van der Waals surface area contributed by atoms with E-state index in [1.807, 2.05) is 106 Å². The predicted molar refractivity (Wildman–Crippen MR) is 179 cm³/mol. The fourth-order valence-electron chi connectivity index (χ4n) is 6.21. The number of allylic oxidation sites excluding steroid dienone is 1. The molecular formula is C38H37ClN2O4. The summed E-state index contributed by atoms with van der Waals surface area (Å²) < 4.78 is 12.3. The van der Waals surface area contributed by atoms with Gasteiger partial charge in [0.25, 0.3) is 0 Å². The van der Waals surface area contributed by atoms with E-state index in [2.05, 4.69) is 17.4 Å².